The van der Waals surface area contributed by atoms with Crippen molar-refractivity contribution in [3.63, 3.8) is 0 Å². The van der Waals surface area contributed by atoms with Crippen LogP contribution in [0.25, 0.3) is 0 Å². The van der Waals surface area contributed by atoms with Gasteiger partial charge in [0.15, 0.2) is 0 Å². The van der Waals surface area contributed by atoms with Crippen molar-refractivity contribution in [1.82, 2.24) is 14.8 Å². The number of piperazine rings is 1. The van der Waals surface area contributed by atoms with Gasteiger partial charge in [0, 0.05) is 49.2 Å². The minimum atomic E-state index is -4.55. The highest BCUT2D eigenvalue weighted by molar-refractivity contribution is 8.00. The molecule has 2 heterocycles. The number of hydrogen-bond donors (Lipinski definition) is 0. The molecule has 0 radical (unpaired) electrons. The third-order valence-electron chi connectivity index (χ3n) is 4.80. The maximum absolute atomic E-state index is 12.9. The van der Waals surface area contributed by atoms with Crippen LogP contribution < -0.4 is 0 Å². The van der Waals surface area contributed by atoms with Gasteiger partial charge in [-0.15, -0.1) is 0 Å². The Bertz CT molecular complexity index is 953. The number of rotatable bonds is 5. The number of hydrogen-bond acceptors (Lipinski definition) is 6. The zero-order valence-electron chi connectivity index (χ0n) is 16.4. The fourth-order valence-electron chi connectivity index (χ4n) is 3.38. The monoisotopic (exact) mass is 473 g/mol. The van der Waals surface area contributed by atoms with E-state index < -0.39 is 35.2 Å². The summed E-state index contributed by atoms with van der Waals surface area (Å²) in [5.74, 6) is -1.02. The van der Waals surface area contributed by atoms with Crippen LogP contribution in [0.15, 0.2) is 47.6 Å². The van der Waals surface area contributed by atoms with Crippen LogP contribution in [0.5, 0.6) is 0 Å². The predicted octanol–water partition coefficient (Wildman–Crippen LogP) is 4.02. The fourth-order valence-corrected chi connectivity index (χ4v) is 4.22. The minimum Gasteiger partial charge on any atom is -0.468 e. The quantitative estimate of drug-likeness (QED) is 0.483. The summed E-state index contributed by atoms with van der Waals surface area (Å²) in [6.45, 7) is 1.08. The molecule has 1 aliphatic heterocycles. The van der Waals surface area contributed by atoms with Gasteiger partial charge in [-0.05, 0) is 23.8 Å². The van der Waals surface area contributed by atoms with Gasteiger partial charge in [0.25, 0.3) is 5.91 Å². The van der Waals surface area contributed by atoms with Gasteiger partial charge in [-0.2, -0.15) is 13.2 Å². The highest BCUT2D eigenvalue weighted by atomic mass is 35.5. The van der Waals surface area contributed by atoms with Crippen molar-refractivity contribution in [3.05, 3.63) is 58.7 Å². The molecule has 11 heteroatoms. The number of ether oxygens (including phenoxy) is 1. The van der Waals surface area contributed by atoms with E-state index in [1.165, 1.54) is 30.3 Å². The number of esters is 1. The van der Waals surface area contributed by atoms with Crippen molar-refractivity contribution in [1.29, 1.82) is 0 Å². The number of methoxy groups -OCH3 is 1. The first kappa shape index (κ1) is 23.4. The van der Waals surface area contributed by atoms with Gasteiger partial charge in [-0.25, -0.2) is 9.78 Å². The Morgan fingerprint density at radius 2 is 1.81 bits per heavy atom. The number of pyridine rings is 1. The summed E-state index contributed by atoms with van der Waals surface area (Å²) in [7, 11) is 1.29. The molecule has 1 aromatic carbocycles. The molecular weight excluding hydrogens is 455 g/mol. The summed E-state index contributed by atoms with van der Waals surface area (Å²) < 4.78 is 43.4. The van der Waals surface area contributed by atoms with Crippen molar-refractivity contribution in [2.45, 2.75) is 16.6 Å². The van der Waals surface area contributed by atoms with E-state index in [1.807, 2.05) is 4.90 Å². The van der Waals surface area contributed by atoms with Crippen LogP contribution in [0, 0.1) is 0 Å². The Balaban J connectivity index is 1.75. The minimum absolute atomic E-state index is 0.103. The van der Waals surface area contributed by atoms with E-state index in [9.17, 15) is 22.8 Å². The number of carbonyl (C=O) groups is 2. The van der Waals surface area contributed by atoms with Gasteiger partial charge in [-0.3, -0.25) is 9.69 Å². The molecule has 166 valence electrons. The molecule has 1 unspecified atom stereocenters. The first-order valence-electron chi connectivity index (χ1n) is 9.27. The summed E-state index contributed by atoms with van der Waals surface area (Å²) in [6, 6.07) is 8.93. The van der Waals surface area contributed by atoms with E-state index >= 15 is 0 Å². The lowest BCUT2D eigenvalue weighted by Gasteiger charge is -2.38. The lowest BCUT2D eigenvalue weighted by Crippen LogP contribution is -2.51. The van der Waals surface area contributed by atoms with Crippen molar-refractivity contribution in [2.75, 3.05) is 33.3 Å². The molecule has 3 rings (SSSR count). The molecule has 0 spiro atoms. The largest absolute Gasteiger partial charge is 0.468 e. The molecular formula is C20H19ClF3N3O3S. The van der Waals surface area contributed by atoms with Gasteiger partial charge < -0.3 is 9.64 Å². The molecule has 1 saturated heterocycles. The van der Waals surface area contributed by atoms with E-state index in [1.54, 1.807) is 24.3 Å². The fraction of sp³-hybridized carbons (Fsp3) is 0.350. The zero-order valence-corrected chi connectivity index (χ0v) is 18.0. The smallest absolute Gasteiger partial charge is 0.447 e. The summed E-state index contributed by atoms with van der Waals surface area (Å²) >= 11 is 5.85. The molecule has 1 fully saturated rings. The molecule has 1 atom stereocenters. The average molecular weight is 474 g/mol. The van der Waals surface area contributed by atoms with E-state index in [-0.39, 0.29) is 23.7 Å². The number of alkyl halides is 3. The normalized spacial score (nSPS) is 16.1. The topological polar surface area (TPSA) is 62.7 Å². The summed E-state index contributed by atoms with van der Waals surface area (Å²) in [6.07, 6.45) is 1.22. The number of benzene rings is 1. The van der Waals surface area contributed by atoms with E-state index in [0.717, 1.165) is 0 Å². The molecule has 0 saturated carbocycles. The maximum atomic E-state index is 12.9. The molecule has 1 amide bonds. The van der Waals surface area contributed by atoms with Crippen molar-refractivity contribution in [3.8, 4) is 0 Å². The maximum Gasteiger partial charge on any atom is 0.447 e. The van der Waals surface area contributed by atoms with E-state index in [2.05, 4.69) is 4.98 Å². The Kier molecular flexibility index (Phi) is 7.45. The number of amides is 1. The Morgan fingerprint density at radius 3 is 2.42 bits per heavy atom. The first-order valence-corrected chi connectivity index (χ1v) is 10.5. The van der Waals surface area contributed by atoms with Crippen molar-refractivity contribution < 1.29 is 27.5 Å². The molecule has 2 aromatic rings. The molecule has 0 aliphatic carbocycles. The molecule has 1 aliphatic rings. The third kappa shape index (κ3) is 5.69. The van der Waals surface area contributed by atoms with Gasteiger partial charge in [0.1, 0.15) is 11.1 Å². The second-order valence-corrected chi connectivity index (χ2v) is 8.14. The molecule has 31 heavy (non-hydrogen) atoms. The Morgan fingerprint density at radius 1 is 1.13 bits per heavy atom. The van der Waals surface area contributed by atoms with Gasteiger partial charge in [-0.1, -0.05) is 29.8 Å². The predicted molar refractivity (Wildman–Crippen MR) is 110 cm³/mol. The van der Waals surface area contributed by atoms with Gasteiger partial charge in [0.05, 0.1) is 12.7 Å². The first-order chi connectivity index (χ1) is 14.7. The van der Waals surface area contributed by atoms with Gasteiger partial charge >= 0.3 is 11.5 Å². The molecule has 0 bridgehead atoms. The number of nitrogens with zero attached hydrogens (tertiary/aromatic N) is 3. The van der Waals surface area contributed by atoms with Crippen molar-refractivity contribution in [2.24, 2.45) is 0 Å². The highest BCUT2D eigenvalue weighted by Crippen LogP contribution is 2.37. The molecule has 1 aromatic heterocycles. The third-order valence-corrected chi connectivity index (χ3v) is 5.90. The SMILES string of the molecule is COC(=O)C(c1ccccc1Cl)N1CCN(C(=O)c2cccnc2SC(F)(F)F)CC1. The van der Waals surface area contributed by atoms with Crippen LogP contribution in [-0.2, 0) is 9.53 Å². The summed E-state index contributed by atoms with van der Waals surface area (Å²) in [4.78, 5) is 32.3. The lowest BCUT2D eigenvalue weighted by atomic mass is 10.0. The second kappa shape index (κ2) is 9.88. The standard InChI is InChI=1S/C20H19ClF3N3O3S/c1-30-19(29)16(13-5-2-3-7-15(13)21)26-9-11-27(12-10-26)18(28)14-6-4-8-25-17(14)31-20(22,23)24/h2-8,16H,9-12H2,1H3. The van der Waals surface area contributed by atoms with Crippen LogP contribution in [0.2, 0.25) is 5.02 Å². The number of aromatic nitrogens is 1. The van der Waals surface area contributed by atoms with Crippen molar-refractivity contribution >= 4 is 35.2 Å². The van der Waals surface area contributed by atoms with Crippen LogP contribution in [0.4, 0.5) is 13.2 Å². The van der Waals surface area contributed by atoms with Crippen LogP contribution in [0.3, 0.4) is 0 Å². The molecule has 6 nitrogen and oxygen atoms in total. The van der Waals surface area contributed by atoms with Crippen LogP contribution in [-0.4, -0.2) is 65.5 Å². The lowest BCUT2D eigenvalue weighted by molar-refractivity contribution is -0.148. The number of carbonyl (C=O) groups excluding carboxylic acids is 2. The second-order valence-electron chi connectivity index (χ2n) is 6.68. The highest BCUT2D eigenvalue weighted by Gasteiger charge is 2.36. The summed E-state index contributed by atoms with van der Waals surface area (Å²) in [5.41, 5.74) is -4.06. The number of thioether (sulfide) groups is 1. The average Bonchev–Trinajstić information content (AvgIpc) is 2.74. The van der Waals surface area contributed by atoms with Gasteiger partial charge in [0.2, 0.25) is 0 Å². The van der Waals surface area contributed by atoms with E-state index in [0.29, 0.717) is 23.7 Å². The van der Waals surface area contributed by atoms with Crippen LogP contribution >= 0.6 is 23.4 Å². The zero-order chi connectivity index (χ0) is 22.6. The van der Waals surface area contributed by atoms with Crippen LogP contribution in [0.1, 0.15) is 22.0 Å². The summed E-state index contributed by atoms with van der Waals surface area (Å²) in [5, 5.41) is 0.0338. The Hall–Kier alpha value is -2.30. The molecule has 0 N–H and O–H groups in total. The number of halogens is 4. The van der Waals surface area contributed by atoms with E-state index in [4.69, 9.17) is 16.3 Å². The Labute approximate surface area is 186 Å².